The number of ether oxygens (including phenoxy) is 1. The van der Waals surface area contributed by atoms with Crippen molar-refractivity contribution in [3.05, 3.63) is 28.8 Å². The monoisotopic (exact) mass is 345 g/mol. The number of imide groups is 2. The minimum Gasteiger partial charge on any atom is -0.398 e. The van der Waals surface area contributed by atoms with Gasteiger partial charge in [0.15, 0.2) is 0 Å². The molecule has 1 fully saturated rings. The predicted octanol–water partition coefficient (Wildman–Crippen LogP) is 0.337. The number of anilines is 1. The summed E-state index contributed by atoms with van der Waals surface area (Å²) in [6.07, 6.45) is 0.218. The summed E-state index contributed by atoms with van der Waals surface area (Å²) in [4.78, 5) is 52.2. The van der Waals surface area contributed by atoms with Gasteiger partial charge in [0.1, 0.15) is 6.04 Å². The fourth-order valence-corrected chi connectivity index (χ4v) is 3.29. The molecule has 25 heavy (non-hydrogen) atoms. The molecule has 1 aromatic carbocycles. The zero-order chi connectivity index (χ0) is 18.3. The Hall–Kier alpha value is -2.74. The number of hydrogen-bond donors (Lipinski definition) is 1. The third-order valence-electron chi connectivity index (χ3n) is 4.70. The van der Waals surface area contributed by atoms with Crippen LogP contribution in [0.4, 0.5) is 5.69 Å². The van der Waals surface area contributed by atoms with Crippen molar-refractivity contribution in [2.24, 2.45) is 0 Å². The molecule has 0 aromatic heterocycles. The molecule has 2 heterocycles. The summed E-state index contributed by atoms with van der Waals surface area (Å²) in [6.45, 7) is 1.96. The molecule has 4 amide bonds. The summed E-state index contributed by atoms with van der Waals surface area (Å²) < 4.78 is 4.92. The Balaban J connectivity index is 1.93. The lowest BCUT2D eigenvalue weighted by Gasteiger charge is -2.34. The van der Waals surface area contributed by atoms with Gasteiger partial charge in [0.25, 0.3) is 17.7 Å². The van der Waals surface area contributed by atoms with Crippen molar-refractivity contribution >= 4 is 29.3 Å². The van der Waals surface area contributed by atoms with E-state index in [1.165, 1.54) is 13.2 Å². The smallest absolute Gasteiger partial charge is 0.262 e. The minimum atomic E-state index is -0.984. The van der Waals surface area contributed by atoms with Gasteiger partial charge in [-0.3, -0.25) is 29.0 Å². The van der Waals surface area contributed by atoms with E-state index in [9.17, 15) is 19.2 Å². The molecule has 2 N–H and O–H groups in total. The Bertz CT molecular complexity index is 789. The predicted molar refractivity (Wildman–Crippen MR) is 87.7 cm³/mol. The van der Waals surface area contributed by atoms with Crippen molar-refractivity contribution in [1.29, 1.82) is 0 Å². The number of benzene rings is 1. The third kappa shape index (κ3) is 2.58. The quantitative estimate of drug-likeness (QED) is 0.622. The van der Waals surface area contributed by atoms with Crippen LogP contribution < -0.4 is 5.73 Å². The Morgan fingerprint density at radius 1 is 1.20 bits per heavy atom. The Morgan fingerprint density at radius 2 is 1.92 bits per heavy atom. The van der Waals surface area contributed by atoms with Gasteiger partial charge in [-0.15, -0.1) is 0 Å². The van der Waals surface area contributed by atoms with Crippen LogP contribution in [-0.2, 0) is 14.3 Å². The zero-order valence-electron chi connectivity index (χ0n) is 14.1. The highest BCUT2D eigenvalue weighted by atomic mass is 16.5. The van der Waals surface area contributed by atoms with Gasteiger partial charge in [-0.2, -0.15) is 0 Å². The summed E-state index contributed by atoms with van der Waals surface area (Å²) in [5.41, 5.74) is 7.24. The number of piperidine rings is 1. The van der Waals surface area contributed by atoms with E-state index in [2.05, 4.69) is 0 Å². The maximum absolute atomic E-state index is 12.8. The standard InChI is InChI=1S/C17H19N3O5/c1-9-11(18)4-3-10-14(9)17(24)20(15(10)22)12-5-6-13(21)19(16(12)23)7-8-25-2/h3-4,12H,5-8,18H2,1-2H3. The Kier molecular flexibility index (Phi) is 4.30. The summed E-state index contributed by atoms with van der Waals surface area (Å²) >= 11 is 0. The molecule has 0 radical (unpaired) electrons. The molecule has 132 valence electrons. The molecule has 3 rings (SSSR count). The van der Waals surface area contributed by atoms with E-state index in [1.54, 1.807) is 13.0 Å². The molecular weight excluding hydrogens is 326 g/mol. The number of fused-ring (bicyclic) bond motifs is 1. The van der Waals surface area contributed by atoms with Crippen LogP contribution in [0.15, 0.2) is 12.1 Å². The van der Waals surface area contributed by atoms with Crippen molar-refractivity contribution in [3.63, 3.8) is 0 Å². The molecule has 1 atom stereocenters. The van der Waals surface area contributed by atoms with Gasteiger partial charge < -0.3 is 10.5 Å². The van der Waals surface area contributed by atoms with Crippen LogP contribution in [-0.4, -0.2) is 59.7 Å². The molecule has 1 aromatic rings. The van der Waals surface area contributed by atoms with Gasteiger partial charge in [-0.25, -0.2) is 0 Å². The lowest BCUT2D eigenvalue weighted by atomic mass is 10.0. The third-order valence-corrected chi connectivity index (χ3v) is 4.70. The molecule has 0 bridgehead atoms. The number of carbonyl (C=O) groups is 4. The number of carbonyl (C=O) groups excluding carboxylic acids is 4. The van der Waals surface area contributed by atoms with Crippen molar-refractivity contribution in [2.45, 2.75) is 25.8 Å². The number of nitrogens with zero attached hydrogens (tertiary/aromatic N) is 2. The van der Waals surface area contributed by atoms with E-state index < -0.39 is 23.8 Å². The molecule has 0 aliphatic carbocycles. The molecule has 1 saturated heterocycles. The second-order valence-corrected chi connectivity index (χ2v) is 6.11. The number of nitrogen functional groups attached to an aromatic ring is 1. The van der Waals surface area contributed by atoms with Crippen LogP contribution in [0.3, 0.4) is 0 Å². The van der Waals surface area contributed by atoms with Gasteiger partial charge >= 0.3 is 0 Å². The lowest BCUT2D eigenvalue weighted by molar-refractivity contribution is -0.152. The Labute approximate surface area is 144 Å². The van der Waals surface area contributed by atoms with Gasteiger partial charge in [0.05, 0.1) is 24.3 Å². The van der Waals surface area contributed by atoms with Gasteiger partial charge in [-0.05, 0) is 31.0 Å². The van der Waals surface area contributed by atoms with Crippen molar-refractivity contribution < 1.29 is 23.9 Å². The second-order valence-electron chi connectivity index (χ2n) is 6.11. The van der Waals surface area contributed by atoms with Gasteiger partial charge in [-0.1, -0.05) is 0 Å². The van der Waals surface area contributed by atoms with E-state index in [0.29, 0.717) is 11.3 Å². The number of likely N-dealkylation sites (tertiary alicyclic amines) is 1. The fourth-order valence-electron chi connectivity index (χ4n) is 3.29. The number of nitrogens with two attached hydrogens (primary N) is 1. The second kappa shape index (κ2) is 6.29. The van der Waals surface area contributed by atoms with Crippen LogP contribution in [0.5, 0.6) is 0 Å². The number of rotatable bonds is 4. The van der Waals surface area contributed by atoms with Crippen molar-refractivity contribution in [3.8, 4) is 0 Å². The molecule has 8 heteroatoms. The Morgan fingerprint density at radius 3 is 2.60 bits per heavy atom. The normalized spacial score (nSPS) is 20.5. The average molecular weight is 345 g/mol. The zero-order valence-corrected chi connectivity index (χ0v) is 14.1. The molecule has 1 unspecified atom stereocenters. The first-order chi connectivity index (χ1) is 11.9. The average Bonchev–Trinajstić information content (AvgIpc) is 2.83. The summed E-state index contributed by atoms with van der Waals surface area (Å²) in [7, 11) is 1.47. The van der Waals surface area contributed by atoms with E-state index >= 15 is 0 Å². The first-order valence-corrected chi connectivity index (χ1v) is 7.98. The van der Waals surface area contributed by atoms with Crippen LogP contribution in [0, 0.1) is 6.92 Å². The van der Waals surface area contributed by atoms with E-state index in [0.717, 1.165) is 9.80 Å². The largest absolute Gasteiger partial charge is 0.398 e. The first kappa shape index (κ1) is 17.1. The summed E-state index contributed by atoms with van der Waals surface area (Å²) in [5, 5.41) is 0. The SMILES string of the molecule is COCCN1C(=O)CCC(N2C(=O)c3ccc(N)c(C)c3C2=O)C1=O. The highest BCUT2D eigenvalue weighted by Crippen LogP contribution is 2.32. The minimum absolute atomic E-state index is 0.0919. The molecule has 8 nitrogen and oxygen atoms in total. The topological polar surface area (TPSA) is 110 Å². The van der Waals surface area contributed by atoms with Gasteiger partial charge in [0, 0.05) is 19.2 Å². The summed E-state index contributed by atoms with van der Waals surface area (Å²) in [5.74, 6) is -1.93. The van der Waals surface area contributed by atoms with Crippen LogP contribution in [0.25, 0.3) is 0 Å². The fraction of sp³-hybridized carbons (Fsp3) is 0.412. The number of hydrogen-bond acceptors (Lipinski definition) is 6. The summed E-state index contributed by atoms with van der Waals surface area (Å²) in [6, 6.07) is 2.08. The number of methoxy groups -OCH3 is 1. The molecule has 0 spiro atoms. The maximum Gasteiger partial charge on any atom is 0.262 e. The van der Waals surface area contributed by atoms with E-state index in [-0.39, 0.29) is 43.0 Å². The maximum atomic E-state index is 12.8. The van der Waals surface area contributed by atoms with Crippen LogP contribution in [0.1, 0.15) is 39.1 Å². The lowest BCUT2D eigenvalue weighted by Crippen LogP contribution is -2.56. The first-order valence-electron chi connectivity index (χ1n) is 7.98. The van der Waals surface area contributed by atoms with Crippen molar-refractivity contribution in [1.82, 2.24) is 9.80 Å². The molecule has 2 aliphatic heterocycles. The molecular formula is C17H19N3O5. The molecule has 2 aliphatic rings. The van der Waals surface area contributed by atoms with E-state index in [1.807, 2.05) is 0 Å². The highest BCUT2D eigenvalue weighted by molar-refractivity contribution is 6.24. The van der Waals surface area contributed by atoms with E-state index in [4.69, 9.17) is 10.5 Å². The van der Waals surface area contributed by atoms with Crippen molar-refractivity contribution in [2.75, 3.05) is 26.0 Å². The number of amides is 4. The van der Waals surface area contributed by atoms with Crippen LogP contribution in [0.2, 0.25) is 0 Å². The molecule has 0 saturated carbocycles. The van der Waals surface area contributed by atoms with Gasteiger partial charge in [0.2, 0.25) is 5.91 Å². The van der Waals surface area contributed by atoms with Crippen LogP contribution >= 0.6 is 0 Å². The highest BCUT2D eigenvalue weighted by Gasteiger charge is 2.47.